The van der Waals surface area contributed by atoms with Crippen LogP contribution in [0.1, 0.15) is 62.1 Å². The van der Waals surface area contributed by atoms with Crippen LogP contribution in [0.25, 0.3) is 16.7 Å². The second kappa shape index (κ2) is 11.9. The van der Waals surface area contributed by atoms with Crippen molar-refractivity contribution in [2.45, 2.75) is 51.9 Å². The van der Waals surface area contributed by atoms with Crippen molar-refractivity contribution in [3.05, 3.63) is 106 Å². The zero-order valence-electron chi connectivity index (χ0n) is 21.2. The van der Waals surface area contributed by atoms with Crippen LogP contribution in [0, 0.1) is 34.9 Å². The molecule has 7 heteroatoms. The number of rotatable bonds is 8. The number of halogens is 6. The van der Waals surface area contributed by atoms with Crippen molar-refractivity contribution in [3.63, 3.8) is 0 Å². The van der Waals surface area contributed by atoms with E-state index < -0.39 is 51.9 Å². The summed E-state index contributed by atoms with van der Waals surface area (Å²) >= 11 is 0. The van der Waals surface area contributed by atoms with Gasteiger partial charge in [-0.3, -0.25) is 0 Å². The van der Waals surface area contributed by atoms with Gasteiger partial charge in [0.1, 0.15) is 0 Å². The van der Waals surface area contributed by atoms with Crippen molar-refractivity contribution < 1.29 is 31.1 Å². The average Bonchev–Trinajstić information content (AvgIpc) is 2.92. The molecule has 0 aromatic heterocycles. The second-order valence-electron chi connectivity index (χ2n) is 9.21. The van der Waals surface area contributed by atoms with Gasteiger partial charge in [-0.25, -0.2) is 22.0 Å². The third-order valence-electron chi connectivity index (χ3n) is 6.92. The van der Waals surface area contributed by atoms with E-state index in [9.17, 15) is 17.6 Å². The lowest BCUT2D eigenvalue weighted by molar-refractivity contribution is 0.314. The molecule has 3 aromatic carbocycles. The van der Waals surface area contributed by atoms with Gasteiger partial charge in [0.2, 0.25) is 5.82 Å². The molecule has 0 saturated carbocycles. The molecule has 200 valence electrons. The number of hydrogen-bond acceptors (Lipinski definition) is 1. The Morgan fingerprint density at radius 1 is 0.789 bits per heavy atom. The van der Waals surface area contributed by atoms with Gasteiger partial charge in [-0.15, -0.1) is 0 Å². The van der Waals surface area contributed by atoms with Gasteiger partial charge in [0.25, 0.3) is 0 Å². The zero-order chi connectivity index (χ0) is 27.4. The van der Waals surface area contributed by atoms with Crippen molar-refractivity contribution in [3.8, 4) is 16.9 Å². The highest BCUT2D eigenvalue weighted by Gasteiger charge is 2.27. The first-order valence-corrected chi connectivity index (χ1v) is 12.6. The molecular weight excluding hydrogens is 502 g/mol. The number of allylic oxidation sites excluding steroid dienone is 4. The van der Waals surface area contributed by atoms with Crippen LogP contribution in [0.15, 0.2) is 54.6 Å². The van der Waals surface area contributed by atoms with Gasteiger partial charge in [0.15, 0.2) is 34.8 Å². The molecule has 1 unspecified atom stereocenters. The van der Waals surface area contributed by atoms with Gasteiger partial charge < -0.3 is 4.74 Å². The van der Waals surface area contributed by atoms with Gasteiger partial charge in [0.05, 0.1) is 6.61 Å². The van der Waals surface area contributed by atoms with E-state index in [1.54, 1.807) is 25.1 Å². The van der Waals surface area contributed by atoms with Crippen LogP contribution in [0.4, 0.5) is 26.3 Å². The zero-order valence-corrected chi connectivity index (χ0v) is 21.2. The number of aryl methyl sites for hydroxylation is 1. The molecule has 0 aliphatic heterocycles. The van der Waals surface area contributed by atoms with Crippen molar-refractivity contribution in [1.82, 2.24) is 0 Å². The summed E-state index contributed by atoms with van der Waals surface area (Å²) in [4.78, 5) is 0. The maximum Gasteiger partial charge on any atom is 0.201 e. The van der Waals surface area contributed by atoms with E-state index in [1.807, 2.05) is 19.1 Å². The molecule has 0 fully saturated rings. The summed E-state index contributed by atoms with van der Waals surface area (Å²) in [6, 6.07) is 8.07. The minimum Gasteiger partial charge on any atom is -0.491 e. The van der Waals surface area contributed by atoms with Crippen molar-refractivity contribution >= 4 is 5.57 Å². The lowest BCUT2D eigenvalue weighted by Crippen LogP contribution is -2.09. The lowest BCUT2D eigenvalue weighted by Gasteiger charge is -2.24. The normalized spacial score (nSPS) is 15.7. The summed E-state index contributed by atoms with van der Waals surface area (Å²) in [5.74, 6) is -7.49. The van der Waals surface area contributed by atoms with Crippen LogP contribution in [0.2, 0.25) is 0 Å². The monoisotopic (exact) mass is 530 g/mol. The van der Waals surface area contributed by atoms with Gasteiger partial charge in [-0.05, 0) is 80.7 Å². The maximum absolute atomic E-state index is 15.1. The van der Waals surface area contributed by atoms with Crippen molar-refractivity contribution in [2.24, 2.45) is 0 Å². The highest BCUT2D eigenvalue weighted by molar-refractivity contribution is 5.69. The molecule has 0 amide bonds. The molecule has 1 aliphatic carbocycles. The molecule has 0 spiro atoms. The summed E-state index contributed by atoms with van der Waals surface area (Å²) in [5, 5.41) is 0. The Balaban J connectivity index is 1.56. The quantitative estimate of drug-likeness (QED) is 0.208. The van der Waals surface area contributed by atoms with Crippen molar-refractivity contribution in [1.29, 1.82) is 0 Å². The van der Waals surface area contributed by atoms with Crippen LogP contribution in [-0.4, -0.2) is 6.61 Å². The molecular formula is C31H28F6O. The number of benzene rings is 3. The van der Waals surface area contributed by atoms with Crippen LogP contribution >= 0.6 is 0 Å². The predicted octanol–water partition coefficient (Wildman–Crippen LogP) is 9.45. The number of hydrogen-bond donors (Lipinski definition) is 0. The first-order valence-electron chi connectivity index (χ1n) is 12.6. The van der Waals surface area contributed by atoms with E-state index in [0.717, 1.165) is 6.07 Å². The molecule has 0 heterocycles. The van der Waals surface area contributed by atoms with Gasteiger partial charge >= 0.3 is 0 Å². The fourth-order valence-electron chi connectivity index (χ4n) is 4.89. The highest BCUT2D eigenvalue weighted by atomic mass is 19.2. The molecule has 0 N–H and O–H groups in total. The first kappa shape index (κ1) is 27.6. The van der Waals surface area contributed by atoms with Crippen LogP contribution < -0.4 is 4.74 Å². The molecule has 1 atom stereocenters. The number of ether oxygens (including phenoxy) is 1. The third-order valence-corrected chi connectivity index (χ3v) is 6.92. The minimum absolute atomic E-state index is 0.0966. The molecule has 0 saturated heterocycles. The fourth-order valence-corrected chi connectivity index (χ4v) is 4.89. The highest BCUT2D eigenvalue weighted by Crippen LogP contribution is 2.40. The molecule has 1 aliphatic rings. The smallest absolute Gasteiger partial charge is 0.201 e. The summed E-state index contributed by atoms with van der Waals surface area (Å²) < 4.78 is 93.5. The molecule has 3 aromatic rings. The molecule has 1 nitrogen and oxygen atoms in total. The van der Waals surface area contributed by atoms with Crippen LogP contribution in [-0.2, 0) is 6.42 Å². The largest absolute Gasteiger partial charge is 0.491 e. The summed E-state index contributed by atoms with van der Waals surface area (Å²) in [6.07, 6.45) is 7.49. The molecule has 0 bridgehead atoms. The van der Waals surface area contributed by atoms with Crippen LogP contribution in [0.5, 0.6) is 5.75 Å². The second-order valence-corrected chi connectivity index (χ2v) is 9.21. The van der Waals surface area contributed by atoms with Crippen LogP contribution in [0.3, 0.4) is 0 Å². The standard InChI is InChI=1S/C31H28F6O/c1-3-5-6-7-20-12-13-21(27(33)26(20)32)18-8-10-19(11-9-18)22-14-15-23(29(35)28(22)34)24-16-17-25(38-4-2)31(37)30(24)36/h3,5,8,12-17,19H,4,6-7,9-11H2,1-2H3/b5-3+. The third kappa shape index (κ3) is 5.38. The van der Waals surface area contributed by atoms with E-state index in [0.29, 0.717) is 43.2 Å². The molecule has 0 radical (unpaired) electrons. The maximum atomic E-state index is 15.1. The first-order chi connectivity index (χ1) is 18.3. The fraction of sp³-hybridized carbons (Fsp3) is 0.290. The van der Waals surface area contributed by atoms with E-state index in [1.165, 1.54) is 18.2 Å². The average molecular weight is 531 g/mol. The topological polar surface area (TPSA) is 9.23 Å². The van der Waals surface area contributed by atoms with Gasteiger partial charge in [0, 0.05) is 16.7 Å². The minimum atomic E-state index is -1.32. The van der Waals surface area contributed by atoms with Gasteiger partial charge in [-0.1, -0.05) is 42.5 Å². The van der Waals surface area contributed by atoms with E-state index in [4.69, 9.17) is 4.74 Å². The Kier molecular flexibility index (Phi) is 8.65. The van der Waals surface area contributed by atoms with E-state index in [-0.39, 0.29) is 23.5 Å². The Morgan fingerprint density at radius 2 is 1.45 bits per heavy atom. The van der Waals surface area contributed by atoms with Crippen molar-refractivity contribution in [2.75, 3.05) is 6.61 Å². The Bertz CT molecular complexity index is 1390. The summed E-state index contributed by atoms with van der Waals surface area (Å²) in [6.45, 7) is 3.59. The molecule has 4 rings (SSSR count). The Labute approximate surface area is 218 Å². The Morgan fingerprint density at radius 3 is 2.11 bits per heavy atom. The van der Waals surface area contributed by atoms with E-state index >= 15 is 8.78 Å². The SMILES string of the molecule is C/C=C/CCc1ccc(C2=CCC(c3ccc(-c4ccc(OCC)c(F)c4F)c(F)c3F)CC2)c(F)c1F. The Hall–Kier alpha value is -3.48. The summed E-state index contributed by atoms with van der Waals surface area (Å²) in [5.41, 5.74) is 0.378. The van der Waals surface area contributed by atoms with E-state index in [2.05, 4.69) is 0 Å². The lowest BCUT2D eigenvalue weighted by atomic mass is 9.81. The summed E-state index contributed by atoms with van der Waals surface area (Å²) in [7, 11) is 0. The predicted molar refractivity (Wildman–Crippen MR) is 137 cm³/mol. The van der Waals surface area contributed by atoms with Gasteiger partial charge in [-0.2, -0.15) is 4.39 Å². The molecule has 38 heavy (non-hydrogen) atoms.